The van der Waals surface area contributed by atoms with Crippen LogP contribution in [0.5, 0.6) is 0 Å². The summed E-state index contributed by atoms with van der Waals surface area (Å²) in [6.07, 6.45) is 2.69. The lowest BCUT2D eigenvalue weighted by Crippen LogP contribution is -2.21. The van der Waals surface area contributed by atoms with Crippen LogP contribution < -0.4 is 0 Å². The number of carbonyl (C=O) groups excluding carboxylic acids is 1. The van der Waals surface area contributed by atoms with E-state index in [1.807, 2.05) is 19.9 Å². The summed E-state index contributed by atoms with van der Waals surface area (Å²) in [6, 6.07) is 0. The number of hydrogen-bond acceptors (Lipinski definition) is 2. The molecule has 0 radical (unpaired) electrons. The van der Waals surface area contributed by atoms with Gasteiger partial charge in [0.05, 0.1) is 6.61 Å². The number of esters is 1. The molecule has 0 N–H and O–H groups in total. The molecule has 0 aromatic heterocycles. The molecule has 0 fully saturated rings. The molecule has 0 amide bonds. The molecule has 0 unspecified atom stereocenters. The molecule has 70 valence electrons. The quantitative estimate of drug-likeness (QED) is 0.415. The third kappa shape index (κ3) is 5.35. The normalized spacial score (nSPS) is 10.9. The molecule has 2 nitrogen and oxygen atoms in total. The Morgan fingerprint density at radius 2 is 2.25 bits per heavy atom. The second kappa shape index (κ2) is 5.36. The van der Waals surface area contributed by atoms with Gasteiger partial charge in [-0.3, -0.25) is 4.79 Å². The highest BCUT2D eigenvalue weighted by atomic mass is 79.9. The number of rotatable bonds is 5. The molecule has 3 heteroatoms. The molecule has 0 aliphatic carbocycles. The van der Waals surface area contributed by atoms with Crippen molar-refractivity contribution in [1.29, 1.82) is 0 Å². The van der Waals surface area contributed by atoms with E-state index in [4.69, 9.17) is 4.74 Å². The smallest absolute Gasteiger partial charge is 0.316 e. The number of hydrogen-bond donors (Lipinski definition) is 0. The lowest BCUT2D eigenvalue weighted by atomic mass is 9.91. The molecule has 0 saturated carbocycles. The van der Waals surface area contributed by atoms with Crippen molar-refractivity contribution >= 4 is 21.9 Å². The van der Waals surface area contributed by atoms with E-state index in [-0.39, 0.29) is 16.7 Å². The van der Waals surface area contributed by atoms with E-state index in [0.29, 0.717) is 6.61 Å². The first-order chi connectivity index (χ1) is 5.52. The minimum atomic E-state index is -0.216. The van der Waals surface area contributed by atoms with Crippen molar-refractivity contribution in [3.63, 3.8) is 0 Å². The first kappa shape index (κ1) is 11.7. The summed E-state index contributed by atoms with van der Waals surface area (Å²) >= 11 is 3.03. The Kier molecular flexibility index (Phi) is 5.22. The molecule has 0 rings (SSSR count). The summed E-state index contributed by atoms with van der Waals surface area (Å²) in [6.45, 7) is 8.17. The van der Waals surface area contributed by atoms with Gasteiger partial charge in [0.2, 0.25) is 0 Å². The number of alkyl halides is 1. The van der Waals surface area contributed by atoms with Crippen LogP contribution in [0.3, 0.4) is 0 Å². The highest BCUT2D eigenvalue weighted by Crippen LogP contribution is 2.20. The largest absolute Gasteiger partial charge is 0.464 e. The van der Waals surface area contributed by atoms with Crippen LogP contribution in [0.25, 0.3) is 0 Å². The maximum absolute atomic E-state index is 10.8. The second-order valence-electron chi connectivity index (χ2n) is 3.45. The zero-order valence-electron chi connectivity index (χ0n) is 7.60. The van der Waals surface area contributed by atoms with Gasteiger partial charge in [0, 0.05) is 5.41 Å². The van der Waals surface area contributed by atoms with Gasteiger partial charge in [0.25, 0.3) is 0 Å². The molecule has 0 heterocycles. The zero-order chi connectivity index (χ0) is 9.61. The maximum atomic E-state index is 10.8. The Bertz CT molecular complexity index is 164. The fourth-order valence-electron chi connectivity index (χ4n) is 0.764. The Morgan fingerprint density at radius 1 is 1.67 bits per heavy atom. The molecule has 0 bridgehead atoms. The van der Waals surface area contributed by atoms with E-state index in [0.717, 1.165) is 6.42 Å². The van der Waals surface area contributed by atoms with E-state index >= 15 is 0 Å². The van der Waals surface area contributed by atoms with Crippen molar-refractivity contribution in [2.45, 2.75) is 20.3 Å². The van der Waals surface area contributed by atoms with Crippen LogP contribution in [-0.2, 0) is 9.53 Å². The number of halogens is 1. The molecule has 0 aliphatic rings. The first-order valence-corrected chi connectivity index (χ1v) is 4.96. The molecular weight excluding hydrogens is 220 g/mol. The molecule has 0 atom stereocenters. The van der Waals surface area contributed by atoms with Crippen LogP contribution in [0.4, 0.5) is 0 Å². The predicted octanol–water partition coefficient (Wildman–Crippen LogP) is 2.53. The maximum Gasteiger partial charge on any atom is 0.316 e. The summed E-state index contributed by atoms with van der Waals surface area (Å²) in [5.74, 6) is -0.216. The summed E-state index contributed by atoms with van der Waals surface area (Å²) in [4.78, 5) is 10.8. The summed E-state index contributed by atoms with van der Waals surface area (Å²) in [7, 11) is 0. The minimum Gasteiger partial charge on any atom is -0.464 e. The van der Waals surface area contributed by atoms with E-state index in [1.54, 1.807) is 0 Å². The second-order valence-corrected chi connectivity index (χ2v) is 4.01. The molecule has 0 saturated heterocycles. The van der Waals surface area contributed by atoms with Crippen LogP contribution in [0, 0.1) is 5.41 Å². The average Bonchev–Trinajstić information content (AvgIpc) is 2.00. The lowest BCUT2D eigenvalue weighted by molar-refractivity contribution is -0.143. The van der Waals surface area contributed by atoms with Crippen LogP contribution >= 0.6 is 15.9 Å². The summed E-state index contributed by atoms with van der Waals surface area (Å²) in [5.41, 5.74) is -0.000417. The van der Waals surface area contributed by atoms with Gasteiger partial charge in [-0.05, 0) is 6.42 Å². The molecule has 0 spiro atoms. The third-order valence-electron chi connectivity index (χ3n) is 1.43. The van der Waals surface area contributed by atoms with Crippen LogP contribution in [-0.4, -0.2) is 17.9 Å². The highest BCUT2D eigenvalue weighted by molar-refractivity contribution is 9.09. The van der Waals surface area contributed by atoms with Crippen molar-refractivity contribution in [2.24, 2.45) is 5.41 Å². The summed E-state index contributed by atoms with van der Waals surface area (Å²) in [5, 5.41) is 0.261. The van der Waals surface area contributed by atoms with Gasteiger partial charge in [0.1, 0.15) is 5.33 Å². The van der Waals surface area contributed by atoms with Gasteiger partial charge in [0.15, 0.2) is 0 Å². The van der Waals surface area contributed by atoms with Gasteiger partial charge >= 0.3 is 5.97 Å². The van der Waals surface area contributed by atoms with Crippen LogP contribution in [0.2, 0.25) is 0 Å². The van der Waals surface area contributed by atoms with Gasteiger partial charge in [-0.15, -0.1) is 6.58 Å². The van der Waals surface area contributed by atoms with E-state index in [2.05, 4.69) is 22.5 Å². The fraction of sp³-hybridized carbons (Fsp3) is 0.667. The van der Waals surface area contributed by atoms with Gasteiger partial charge in [-0.1, -0.05) is 35.9 Å². The minimum absolute atomic E-state index is 0.000417. The lowest BCUT2D eigenvalue weighted by Gasteiger charge is -2.21. The molecule has 0 aromatic carbocycles. The van der Waals surface area contributed by atoms with Gasteiger partial charge in [-0.2, -0.15) is 0 Å². The number of allylic oxidation sites excluding steroid dienone is 1. The van der Waals surface area contributed by atoms with E-state index < -0.39 is 0 Å². The van der Waals surface area contributed by atoms with E-state index in [9.17, 15) is 4.79 Å². The monoisotopic (exact) mass is 234 g/mol. The van der Waals surface area contributed by atoms with Crippen molar-refractivity contribution in [3.05, 3.63) is 12.7 Å². The van der Waals surface area contributed by atoms with Crippen LogP contribution in [0.15, 0.2) is 12.7 Å². The molecule has 12 heavy (non-hydrogen) atoms. The topological polar surface area (TPSA) is 26.3 Å². The first-order valence-electron chi connectivity index (χ1n) is 3.84. The number of carbonyl (C=O) groups is 1. The Labute approximate surface area is 82.1 Å². The standard InChI is InChI=1S/C9H15BrO2/c1-4-5-9(2,3)7-12-8(11)6-10/h4H,1,5-7H2,2-3H3. The summed E-state index contributed by atoms with van der Waals surface area (Å²) < 4.78 is 4.97. The van der Waals surface area contributed by atoms with Gasteiger partial charge < -0.3 is 4.74 Å². The SMILES string of the molecule is C=CCC(C)(C)COC(=O)CBr. The fourth-order valence-corrected chi connectivity index (χ4v) is 0.926. The predicted molar refractivity (Wildman–Crippen MR) is 53.3 cm³/mol. The molecular formula is C9H15BrO2. The molecule has 0 aromatic rings. The third-order valence-corrected chi connectivity index (χ3v) is 1.89. The Hall–Kier alpha value is -0.310. The number of ether oxygens (including phenoxy) is 1. The van der Waals surface area contributed by atoms with Gasteiger partial charge in [-0.25, -0.2) is 0 Å². The average molecular weight is 235 g/mol. The van der Waals surface area contributed by atoms with Crippen molar-refractivity contribution in [1.82, 2.24) is 0 Å². The Balaban J connectivity index is 3.74. The Morgan fingerprint density at radius 3 is 2.67 bits per heavy atom. The zero-order valence-corrected chi connectivity index (χ0v) is 9.19. The molecule has 0 aliphatic heterocycles. The van der Waals surface area contributed by atoms with Crippen molar-refractivity contribution in [2.75, 3.05) is 11.9 Å². The van der Waals surface area contributed by atoms with Crippen molar-refractivity contribution in [3.8, 4) is 0 Å². The van der Waals surface area contributed by atoms with Crippen molar-refractivity contribution < 1.29 is 9.53 Å². The highest BCUT2D eigenvalue weighted by Gasteiger charge is 2.17. The van der Waals surface area contributed by atoms with Crippen LogP contribution in [0.1, 0.15) is 20.3 Å². The van der Waals surface area contributed by atoms with E-state index in [1.165, 1.54) is 0 Å².